The minimum absolute atomic E-state index is 0.0844. The number of anilines is 2. The number of para-hydroxylation sites is 2. The molecule has 2 fully saturated rings. The number of hydrogen-bond acceptors (Lipinski definition) is 6. The Morgan fingerprint density at radius 1 is 1.12 bits per heavy atom. The number of carbonyl (C=O) groups excluding carboxylic acids is 1. The molecule has 2 saturated heterocycles. The van der Waals surface area contributed by atoms with E-state index in [-0.39, 0.29) is 11.5 Å². The largest absolute Gasteiger partial charge is 0.375 e. The molecule has 2 aliphatic rings. The normalized spacial score (nSPS) is 17.6. The predicted octanol–water partition coefficient (Wildman–Crippen LogP) is 3.75. The van der Waals surface area contributed by atoms with Gasteiger partial charge in [0.15, 0.2) is 11.6 Å². The van der Waals surface area contributed by atoms with Crippen LogP contribution in [0, 0.1) is 0 Å². The quantitative estimate of drug-likeness (QED) is 0.443. The minimum Gasteiger partial charge on any atom is -0.375 e. The number of pyridine rings is 1. The third-order valence-electron chi connectivity index (χ3n) is 6.66. The van der Waals surface area contributed by atoms with E-state index < -0.39 is 0 Å². The number of benzene rings is 1. The number of aromatic amines is 2. The van der Waals surface area contributed by atoms with E-state index in [1.807, 2.05) is 30.3 Å². The van der Waals surface area contributed by atoms with Crippen molar-refractivity contribution in [3.8, 4) is 11.5 Å². The van der Waals surface area contributed by atoms with Gasteiger partial charge in [-0.05, 0) is 49.9 Å². The molecule has 6 rings (SSSR count). The molecule has 3 N–H and O–H groups in total. The molecule has 33 heavy (non-hydrogen) atoms. The predicted molar refractivity (Wildman–Crippen MR) is 125 cm³/mol. The molecule has 2 aliphatic heterocycles. The number of ether oxygens (including phenoxy) is 1. The van der Waals surface area contributed by atoms with Gasteiger partial charge in [0, 0.05) is 32.0 Å². The molecule has 168 valence electrons. The fourth-order valence-corrected chi connectivity index (χ4v) is 4.78. The number of aromatic nitrogens is 5. The second kappa shape index (κ2) is 8.00. The molecule has 3 aromatic heterocycles. The summed E-state index contributed by atoms with van der Waals surface area (Å²) in [6.45, 7) is 2.74. The Balaban J connectivity index is 1.10. The maximum atomic E-state index is 12.7. The van der Waals surface area contributed by atoms with Crippen LogP contribution in [0.15, 0.2) is 48.7 Å². The lowest BCUT2D eigenvalue weighted by Gasteiger charge is -2.39. The van der Waals surface area contributed by atoms with Crippen LogP contribution < -0.4 is 10.2 Å². The molecule has 1 aromatic carbocycles. The van der Waals surface area contributed by atoms with Gasteiger partial charge in [0.05, 0.1) is 22.2 Å². The Morgan fingerprint density at radius 2 is 2.00 bits per heavy atom. The summed E-state index contributed by atoms with van der Waals surface area (Å²) in [6, 6.07) is 13.3. The Morgan fingerprint density at radius 3 is 2.76 bits per heavy atom. The molecule has 5 heterocycles. The molecule has 9 nitrogen and oxygen atoms in total. The van der Waals surface area contributed by atoms with E-state index in [1.54, 1.807) is 18.3 Å². The fourth-order valence-electron chi connectivity index (χ4n) is 4.78. The van der Waals surface area contributed by atoms with Gasteiger partial charge in [-0.3, -0.25) is 9.89 Å². The first-order valence-electron chi connectivity index (χ1n) is 11.3. The molecule has 0 unspecified atom stereocenters. The van der Waals surface area contributed by atoms with E-state index in [9.17, 15) is 4.79 Å². The van der Waals surface area contributed by atoms with Gasteiger partial charge < -0.3 is 19.9 Å². The van der Waals surface area contributed by atoms with Crippen molar-refractivity contribution in [3.63, 3.8) is 0 Å². The van der Waals surface area contributed by atoms with Crippen LogP contribution in [0.2, 0.25) is 0 Å². The van der Waals surface area contributed by atoms with Crippen molar-refractivity contribution in [1.29, 1.82) is 0 Å². The lowest BCUT2D eigenvalue weighted by molar-refractivity contribution is -0.0147. The van der Waals surface area contributed by atoms with Gasteiger partial charge in [-0.2, -0.15) is 5.10 Å². The van der Waals surface area contributed by atoms with Gasteiger partial charge >= 0.3 is 0 Å². The van der Waals surface area contributed by atoms with E-state index in [2.05, 4.69) is 35.4 Å². The number of carbonyl (C=O) groups is 1. The number of fused-ring (bicyclic) bond motifs is 1. The first-order valence-corrected chi connectivity index (χ1v) is 11.3. The van der Waals surface area contributed by atoms with Crippen LogP contribution in [-0.4, -0.2) is 56.4 Å². The SMILES string of the molecule is O=C(Nc1cc(-c2nc3ccccc3[nH]2)[nH]n1)c1ccc(N2CCC3(CCCO3)CC2)nc1. The lowest BCUT2D eigenvalue weighted by atomic mass is 9.89. The summed E-state index contributed by atoms with van der Waals surface area (Å²) >= 11 is 0. The second-order valence-corrected chi connectivity index (χ2v) is 8.75. The smallest absolute Gasteiger partial charge is 0.258 e. The number of hydrogen-bond donors (Lipinski definition) is 3. The average molecular weight is 444 g/mol. The first kappa shape index (κ1) is 19.9. The van der Waals surface area contributed by atoms with E-state index in [1.165, 1.54) is 6.42 Å². The molecule has 0 saturated carbocycles. The van der Waals surface area contributed by atoms with Crippen LogP contribution >= 0.6 is 0 Å². The van der Waals surface area contributed by atoms with Crippen LogP contribution in [-0.2, 0) is 4.74 Å². The molecule has 9 heteroatoms. The number of nitrogens with one attached hydrogen (secondary N) is 3. The van der Waals surface area contributed by atoms with Gasteiger partial charge in [0.2, 0.25) is 0 Å². The molecular weight excluding hydrogens is 418 g/mol. The van der Waals surface area contributed by atoms with E-state index >= 15 is 0 Å². The number of imidazole rings is 1. The summed E-state index contributed by atoms with van der Waals surface area (Å²) in [5, 5.41) is 9.94. The number of piperidine rings is 1. The Hall–Kier alpha value is -3.72. The number of rotatable bonds is 4. The number of H-pyrrole nitrogens is 2. The fraction of sp³-hybridized carbons (Fsp3) is 0.333. The van der Waals surface area contributed by atoms with Gasteiger partial charge in [-0.1, -0.05) is 12.1 Å². The summed E-state index contributed by atoms with van der Waals surface area (Å²) < 4.78 is 6.00. The van der Waals surface area contributed by atoms with Crippen LogP contribution in [0.1, 0.15) is 36.0 Å². The highest BCUT2D eigenvalue weighted by Gasteiger charge is 2.38. The Kier molecular flexibility index (Phi) is 4.83. The van der Waals surface area contributed by atoms with Gasteiger partial charge in [-0.15, -0.1) is 0 Å². The van der Waals surface area contributed by atoms with Crippen molar-refractivity contribution in [3.05, 3.63) is 54.2 Å². The third kappa shape index (κ3) is 3.84. The molecule has 1 amide bonds. The van der Waals surface area contributed by atoms with Gasteiger partial charge in [0.25, 0.3) is 5.91 Å². The standard InChI is InChI=1S/C24H25N7O2/c32-23(28-20-14-19(29-30-20)22-26-17-4-1-2-5-18(17)27-22)16-6-7-21(25-15-16)31-11-9-24(10-12-31)8-3-13-33-24/h1-2,4-7,14-15H,3,8-13H2,(H,26,27)(H2,28,29,30,32). The maximum Gasteiger partial charge on any atom is 0.258 e. The van der Waals surface area contributed by atoms with Crippen molar-refractivity contribution in [2.75, 3.05) is 29.9 Å². The zero-order chi connectivity index (χ0) is 22.3. The lowest BCUT2D eigenvalue weighted by Crippen LogP contribution is -2.44. The molecule has 0 atom stereocenters. The van der Waals surface area contributed by atoms with E-state index in [4.69, 9.17) is 4.74 Å². The van der Waals surface area contributed by atoms with Crippen molar-refractivity contribution in [1.82, 2.24) is 25.1 Å². The highest BCUT2D eigenvalue weighted by molar-refractivity contribution is 6.03. The minimum atomic E-state index is -0.256. The van der Waals surface area contributed by atoms with Crippen molar-refractivity contribution in [2.24, 2.45) is 0 Å². The first-order chi connectivity index (χ1) is 16.2. The molecule has 4 aromatic rings. The summed E-state index contributed by atoms with van der Waals surface area (Å²) in [4.78, 5) is 27.3. The topological polar surface area (TPSA) is 112 Å². The summed E-state index contributed by atoms with van der Waals surface area (Å²) in [6.07, 6.45) is 6.01. The van der Waals surface area contributed by atoms with E-state index in [0.29, 0.717) is 22.9 Å². The van der Waals surface area contributed by atoms with Crippen LogP contribution in [0.5, 0.6) is 0 Å². The van der Waals surface area contributed by atoms with Crippen LogP contribution in [0.4, 0.5) is 11.6 Å². The van der Waals surface area contributed by atoms with Gasteiger partial charge in [-0.25, -0.2) is 9.97 Å². The summed E-state index contributed by atoms with van der Waals surface area (Å²) in [5.74, 6) is 1.74. The molecule has 0 bridgehead atoms. The monoisotopic (exact) mass is 443 g/mol. The molecular formula is C24H25N7O2. The Bertz CT molecular complexity index is 1240. The summed E-state index contributed by atoms with van der Waals surface area (Å²) in [5.41, 5.74) is 3.09. The number of amides is 1. The van der Waals surface area contributed by atoms with Crippen LogP contribution in [0.25, 0.3) is 22.6 Å². The molecule has 1 spiro atoms. The van der Waals surface area contributed by atoms with Crippen molar-refractivity contribution < 1.29 is 9.53 Å². The summed E-state index contributed by atoms with van der Waals surface area (Å²) in [7, 11) is 0. The average Bonchev–Trinajstić information content (AvgIpc) is 3.59. The molecule has 0 radical (unpaired) electrons. The highest BCUT2D eigenvalue weighted by Crippen LogP contribution is 2.36. The number of nitrogens with zero attached hydrogens (tertiary/aromatic N) is 4. The third-order valence-corrected chi connectivity index (χ3v) is 6.66. The van der Waals surface area contributed by atoms with Crippen molar-refractivity contribution >= 4 is 28.6 Å². The van der Waals surface area contributed by atoms with Crippen LogP contribution in [0.3, 0.4) is 0 Å². The zero-order valence-electron chi connectivity index (χ0n) is 18.2. The highest BCUT2D eigenvalue weighted by atomic mass is 16.5. The maximum absolute atomic E-state index is 12.7. The Labute approximate surface area is 190 Å². The van der Waals surface area contributed by atoms with E-state index in [0.717, 1.165) is 55.8 Å². The molecule has 0 aliphatic carbocycles. The van der Waals surface area contributed by atoms with Crippen molar-refractivity contribution in [2.45, 2.75) is 31.3 Å². The van der Waals surface area contributed by atoms with Gasteiger partial charge in [0.1, 0.15) is 11.5 Å². The second-order valence-electron chi connectivity index (χ2n) is 8.75. The zero-order valence-corrected chi connectivity index (χ0v) is 18.2.